The monoisotopic (exact) mass is 209 g/mol. The molecule has 0 radical (unpaired) electrons. The van der Waals surface area contributed by atoms with Crippen LogP contribution in [-0.4, -0.2) is 4.21 Å². The fraction of sp³-hybridized carbons (Fsp3) is 0.273. The van der Waals surface area contributed by atoms with Crippen LogP contribution in [0.1, 0.15) is 13.8 Å². The Morgan fingerprint density at radius 3 is 2.36 bits per heavy atom. The lowest BCUT2D eigenvalue weighted by Crippen LogP contribution is -1.94. The summed E-state index contributed by atoms with van der Waals surface area (Å²) in [5.41, 5.74) is 0. The summed E-state index contributed by atoms with van der Waals surface area (Å²) < 4.78 is 19.6. The minimum atomic E-state index is -2.74. The third-order valence-corrected chi connectivity index (χ3v) is 3.26. The van der Waals surface area contributed by atoms with Crippen molar-refractivity contribution >= 4 is 9.73 Å². The van der Waals surface area contributed by atoms with Gasteiger partial charge in [0.15, 0.2) is 0 Å². The van der Waals surface area contributed by atoms with Crippen LogP contribution in [0, 0.1) is 10.7 Å². The van der Waals surface area contributed by atoms with Crippen molar-refractivity contribution in [2.24, 2.45) is 5.92 Å². The topological polar surface area (TPSA) is 40.9 Å². The molecule has 0 aliphatic rings. The molecule has 1 rings (SSSR count). The number of benzene rings is 1. The van der Waals surface area contributed by atoms with Gasteiger partial charge in [0, 0.05) is 5.41 Å². The molecule has 2 nitrogen and oxygen atoms in total. The molecule has 0 aliphatic heterocycles. The number of hydrogen-bond donors (Lipinski definition) is 1. The van der Waals surface area contributed by atoms with Crippen molar-refractivity contribution in [2.75, 3.05) is 0 Å². The van der Waals surface area contributed by atoms with E-state index < -0.39 is 9.73 Å². The smallest absolute Gasteiger partial charge is 0.0940 e. The molecule has 0 saturated heterocycles. The van der Waals surface area contributed by atoms with Crippen LogP contribution >= 0.6 is 0 Å². The van der Waals surface area contributed by atoms with Gasteiger partial charge >= 0.3 is 0 Å². The number of nitrogens with one attached hydrogen (secondary N) is 1. The van der Waals surface area contributed by atoms with Gasteiger partial charge in [-0.15, -0.1) is 0 Å². The SMILES string of the molecule is CC(C)/C=C/S(=N)(=O)c1ccccc1. The fourth-order valence-corrected chi connectivity index (χ4v) is 2.22. The molecule has 0 bridgehead atoms. The van der Waals surface area contributed by atoms with Crippen LogP contribution in [0.25, 0.3) is 0 Å². The van der Waals surface area contributed by atoms with E-state index >= 15 is 0 Å². The maximum Gasteiger partial charge on any atom is 0.0940 e. The van der Waals surface area contributed by atoms with Gasteiger partial charge in [0.25, 0.3) is 0 Å². The first-order valence-electron chi connectivity index (χ1n) is 4.54. The molecule has 0 fully saturated rings. The fourth-order valence-electron chi connectivity index (χ4n) is 0.969. The quantitative estimate of drug-likeness (QED) is 0.815. The third-order valence-electron chi connectivity index (χ3n) is 1.75. The summed E-state index contributed by atoms with van der Waals surface area (Å²) >= 11 is 0. The highest BCUT2D eigenvalue weighted by Gasteiger charge is 2.04. The molecule has 1 aromatic carbocycles. The molecular formula is C11H15NOS. The molecule has 1 atom stereocenters. The van der Waals surface area contributed by atoms with Crippen molar-refractivity contribution in [1.29, 1.82) is 4.78 Å². The van der Waals surface area contributed by atoms with Gasteiger partial charge < -0.3 is 0 Å². The molecule has 1 aromatic rings. The van der Waals surface area contributed by atoms with Crippen LogP contribution in [0.2, 0.25) is 0 Å². The number of rotatable bonds is 3. The van der Waals surface area contributed by atoms with Crippen molar-refractivity contribution < 1.29 is 4.21 Å². The van der Waals surface area contributed by atoms with E-state index in [0.717, 1.165) is 0 Å². The molecule has 0 aromatic heterocycles. The van der Waals surface area contributed by atoms with Crippen LogP contribution in [0.15, 0.2) is 46.7 Å². The number of allylic oxidation sites excluding steroid dienone is 1. The van der Waals surface area contributed by atoms with E-state index in [1.165, 1.54) is 5.41 Å². The van der Waals surface area contributed by atoms with E-state index in [4.69, 9.17) is 4.78 Å². The molecule has 0 amide bonds. The maximum absolute atomic E-state index is 11.9. The van der Waals surface area contributed by atoms with E-state index in [0.29, 0.717) is 10.8 Å². The maximum atomic E-state index is 11.9. The van der Waals surface area contributed by atoms with Gasteiger partial charge in [-0.1, -0.05) is 38.1 Å². The Hall–Kier alpha value is -1.09. The van der Waals surface area contributed by atoms with Crippen LogP contribution in [0.5, 0.6) is 0 Å². The summed E-state index contributed by atoms with van der Waals surface area (Å²) in [5, 5.41) is 1.49. The van der Waals surface area contributed by atoms with Crippen molar-refractivity contribution in [1.82, 2.24) is 0 Å². The predicted molar refractivity (Wildman–Crippen MR) is 59.5 cm³/mol. The summed E-state index contributed by atoms with van der Waals surface area (Å²) in [6.07, 6.45) is 1.81. The Balaban J connectivity index is 2.99. The zero-order chi connectivity index (χ0) is 10.6. The first-order chi connectivity index (χ1) is 6.52. The van der Waals surface area contributed by atoms with Gasteiger partial charge in [0.05, 0.1) is 14.6 Å². The normalized spacial score (nSPS) is 15.9. The average molecular weight is 209 g/mol. The third kappa shape index (κ3) is 3.00. The average Bonchev–Trinajstić information content (AvgIpc) is 2.16. The minimum Gasteiger partial charge on any atom is -0.245 e. The first kappa shape index (κ1) is 11.0. The van der Waals surface area contributed by atoms with Crippen LogP contribution < -0.4 is 0 Å². The van der Waals surface area contributed by atoms with Gasteiger partial charge in [-0.05, 0) is 18.1 Å². The first-order valence-corrected chi connectivity index (χ1v) is 6.16. The molecule has 0 saturated carbocycles. The van der Waals surface area contributed by atoms with Gasteiger partial charge in [0.2, 0.25) is 0 Å². The van der Waals surface area contributed by atoms with E-state index in [1.807, 2.05) is 26.0 Å². The zero-order valence-corrected chi connectivity index (χ0v) is 9.25. The highest BCUT2D eigenvalue weighted by atomic mass is 32.2. The van der Waals surface area contributed by atoms with Crippen molar-refractivity contribution in [3.05, 3.63) is 41.8 Å². The Morgan fingerprint density at radius 1 is 1.29 bits per heavy atom. The zero-order valence-electron chi connectivity index (χ0n) is 8.44. The lowest BCUT2D eigenvalue weighted by molar-refractivity contribution is 0.680. The molecule has 76 valence electrons. The van der Waals surface area contributed by atoms with Crippen molar-refractivity contribution in [2.45, 2.75) is 18.7 Å². The second-order valence-electron chi connectivity index (χ2n) is 3.49. The molecular weight excluding hydrogens is 194 g/mol. The highest BCUT2D eigenvalue weighted by molar-refractivity contribution is 7.95. The Morgan fingerprint density at radius 2 is 1.86 bits per heavy atom. The highest BCUT2D eigenvalue weighted by Crippen LogP contribution is 2.13. The van der Waals surface area contributed by atoms with E-state index in [2.05, 4.69) is 0 Å². The standard InChI is InChI=1S/C11H15NOS/c1-10(2)8-9-14(12,13)11-6-4-3-5-7-11/h3-10,12H,1-2H3/b9-8+. The lowest BCUT2D eigenvalue weighted by atomic mass is 10.2. The number of hydrogen-bond acceptors (Lipinski definition) is 2. The molecule has 1 N–H and O–H groups in total. The molecule has 14 heavy (non-hydrogen) atoms. The summed E-state index contributed by atoms with van der Waals surface area (Å²) in [6, 6.07) is 8.89. The van der Waals surface area contributed by atoms with Gasteiger partial charge in [0.1, 0.15) is 0 Å². The van der Waals surface area contributed by atoms with Gasteiger partial charge in [-0.2, -0.15) is 0 Å². The largest absolute Gasteiger partial charge is 0.245 e. The minimum absolute atomic E-state index is 0.324. The second kappa shape index (κ2) is 4.42. The molecule has 1 unspecified atom stereocenters. The molecule has 0 spiro atoms. The van der Waals surface area contributed by atoms with Crippen LogP contribution in [-0.2, 0) is 9.73 Å². The van der Waals surface area contributed by atoms with Crippen molar-refractivity contribution in [3.8, 4) is 0 Å². The van der Waals surface area contributed by atoms with E-state index in [9.17, 15) is 4.21 Å². The lowest BCUT2D eigenvalue weighted by Gasteiger charge is -2.02. The predicted octanol–water partition coefficient (Wildman–Crippen LogP) is 3.26. The summed E-state index contributed by atoms with van der Waals surface area (Å²) in [7, 11) is -2.74. The van der Waals surface area contributed by atoms with Crippen LogP contribution in [0.4, 0.5) is 0 Å². The Bertz CT molecular complexity index is 404. The summed E-state index contributed by atoms with van der Waals surface area (Å²) in [4.78, 5) is 0.567. The van der Waals surface area contributed by atoms with Crippen LogP contribution in [0.3, 0.4) is 0 Å². The summed E-state index contributed by atoms with van der Waals surface area (Å²) in [6.45, 7) is 3.99. The van der Waals surface area contributed by atoms with Crippen molar-refractivity contribution in [3.63, 3.8) is 0 Å². The van der Waals surface area contributed by atoms with E-state index in [1.54, 1.807) is 24.3 Å². The second-order valence-corrected chi connectivity index (χ2v) is 5.43. The molecule has 3 heteroatoms. The Labute approximate surface area is 85.6 Å². The van der Waals surface area contributed by atoms with Gasteiger partial charge in [-0.3, -0.25) is 0 Å². The molecule has 0 aliphatic carbocycles. The van der Waals surface area contributed by atoms with Gasteiger partial charge in [-0.25, -0.2) is 8.99 Å². The summed E-state index contributed by atoms with van der Waals surface area (Å²) in [5.74, 6) is 0.324. The molecule has 0 heterocycles. The van der Waals surface area contributed by atoms with E-state index in [-0.39, 0.29) is 0 Å². The Kier molecular flexibility index (Phi) is 3.47.